The molecule has 5 nitrogen and oxygen atoms in total. The highest BCUT2D eigenvalue weighted by Crippen LogP contribution is 2.19. The number of amides is 1. The van der Waals surface area contributed by atoms with Gasteiger partial charge in [0.2, 0.25) is 5.91 Å². The van der Waals surface area contributed by atoms with Gasteiger partial charge < -0.3 is 9.88 Å². The third-order valence-corrected chi connectivity index (χ3v) is 3.63. The van der Waals surface area contributed by atoms with Crippen molar-refractivity contribution >= 4 is 5.91 Å². The summed E-state index contributed by atoms with van der Waals surface area (Å²) < 4.78 is 1.37. The Labute approximate surface area is 139 Å². The van der Waals surface area contributed by atoms with Crippen LogP contribution in [0.15, 0.2) is 83.9 Å². The predicted octanol–water partition coefficient (Wildman–Crippen LogP) is 2.15. The summed E-state index contributed by atoms with van der Waals surface area (Å²) in [6.45, 7) is -0.0319. The summed E-state index contributed by atoms with van der Waals surface area (Å²) in [6, 6.07) is 19.7. The second-order valence-corrected chi connectivity index (χ2v) is 5.33. The van der Waals surface area contributed by atoms with Crippen LogP contribution in [0.2, 0.25) is 0 Å². The van der Waals surface area contributed by atoms with Crippen molar-refractivity contribution in [3.05, 3.63) is 101 Å². The summed E-state index contributed by atoms with van der Waals surface area (Å²) in [5, 5.41) is 2.96. The molecule has 2 aromatic heterocycles. The molecule has 0 aliphatic heterocycles. The summed E-state index contributed by atoms with van der Waals surface area (Å²) in [4.78, 5) is 28.5. The number of hydrogen-bond donors (Lipinski definition) is 1. The largest absolute Gasteiger partial charge is 0.342 e. The Bertz CT molecular complexity index is 821. The quantitative estimate of drug-likeness (QED) is 0.784. The lowest BCUT2D eigenvalue weighted by molar-refractivity contribution is -0.122. The lowest BCUT2D eigenvalue weighted by Crippen LogP contribution is -2.35. The number of nitrogens with one attached hydrogen (secondary N) is 1. The topological polar surface area (TPSA) is 64.0 Å². The molecule has 0 spiro atoms. The molecule has 3 aromatic rings. The molecule has 0 unspecified atom stereocenters. The molecule has 0 radical (unpaired) electrons. The fourth-order valence-corrected chi connectivity index (χ4v) is 2.47. The van der Waals surface area contributed by atoms with Gasteiger partial charge in [0.15, 0.2) is 0 Å². The molecule has 1 atom stereocenters. The monoisotopic (exact) mass is 319 g/mol. The standard InChI is InChI=1S/C19H17N3O2/c23-17(14-22-13-7-5-11-18(22)24)21-19(15-8-2-1-3-9-15)16-10-4-6-12-20-16/h1-13,19H,14H2,(H,21,23)/t19-/m1/s1. The van der Waals surface area contributed by atoms with Gasteiger partial charge in [-0.1, -0.05) is 42.5 Å². The number of benzene rings is 1. The summed E-state index contributed by atoms with van der Waals surface area (Å²) in [5.41, 5.74) is 1.48. The zero-order chi connectivity index (χ0) is 16.8. The van der Waals surface area contributed by atoms with Crippen LogP contribution in [0.3, 0.4) is 0 Å². The molecule has 0 aliphatic rings. The molecule has 0 bridgehead atoms. The zero-order valence-corrected chi connectivity index (χ0v) is 13.0. The molecule has 3 rings (SSSR count). The first kappa shape index (κ1) is 15.7. The van der Waals surface area contributed by atoms with Gasteiger partial charge >= 0.3 is 0 Å². The normalized spacial score (nSPS) is 11.7. The number of pyridine rings is 2. The summed E-state index contributed by atoms with van der Waals surface area (Å²) >= 11 is 0. The molecule has 0 aliphatic carbocycles. The van der Waals surface area contributed by atoms with Gasteiger partial charge in [-0.25, -0.2) is 0 Å². The summed E-state index contributed by atoms with van der Waals surface area (Å²) in [6.07, 6.45) is 3.29. The van der Waals surface area contributed by atoms with E-state index in [9.17, 15) is 9.59 Å². The van der Waals surface area contributed by atoms with Crippen molar-refractivity contribution in [3.63, 3.8) is 0 Å². The Morgan fingerprint density at radius 2 is 1.75 bits per heavy atom. The molecule has 0 saturated carbocycles. The van der Waals surface area contributed by atoms with Gasteiger partial charge in [-0.3, -0.25) is 14.6 Å². The van der Waals surface area contributed by atoms with Crippen molar-refractivity contribution in [1.29, 1.82) is 0 Å². The van der Waals surface area contributed by atoms with Crippen molar-refractivity contribution in [2.45, 2.75) is 12.6 Å². The van der Waals surface area contributed by atoms with E-state index in [0.29, 0.717) is 0 Å². The highest BCUT2D eigenvalue weighted by Gasteiger charge is 2.18. The summed E-state index contributed by atoms with van der Waals surface area (Å²) in [5.74, 6) is -0.247. The molecule has 0 fully saturated rings. The molecular formula is C19H17N3O2. The van der Waals surface area contributed by atoms with E-state index in [4.69, 9.17) is 0 Å². The first-order valence-corrected chi connectivity index (χ1v) is 7.65. The van der Waals surface area contributed by atoms with Gasteiger partial charge in [0.25, 0.3) is 5.56 Å². The highest BCUT2D eigenvalue weighted by molar-refractivity contribution is 5.76. The van der Waals surface area contributed by atoms with Crippen LogP contribution in [0, 0.1) is 0 Å². The van der Waals surface area contributed by atoms with E-state index >= 15 is 0 Å². The van der Waals surface area contributed by atoms with Gasteiger partial charge in [-0.15, -0.1) is 0 Å². The van der Waals surface area contributed by atoms with Crippen LogP contribution in [0.4, 0.5) is 0 Å². The maximum absolute atomic E-state index is 12.4. The Balaban J connectivity index is 1.83. The van der Waals surface area contributed by atoms with E-state index in [-0.39, 0.29) is 24.1 Å². The third-order valence-electron chi connectivity index (χ3n) is 3.63. The Morgan fingerprint density at radius 3 is 2.46 bits per heavy atom. The first-order valence-electron chi connectivity index (χ1n) is 7.65. The second-order valence-electron chi connectivity index (χ2n) is 5.33. The van der Waals surface area contributed by atoms with Crippen molar-refractivity contribution in [2.75, 3.05) is 0 Å². The van der Waals surface area contributed by atoms with Crippen molar-refractivity contribution in [2.24, 2.45) is 0 Å². The lowest BCUT2D eigenvalue weighted by Gasteiger charge is -2.19. The molecule has 2 heterocycles. The second kappa shape index (κ2) is 7.37. The van der Waals surface area contributed by atoms with Gasteiger partial charge in [0.05, 0.1) is 11.7 Å². The predicted molar refractivity (Wildman–Crippen MR) is 91.4 cm³/mol. The fraction of sp³-hybridized carbons (Fsp3) is 0.105. The Hall–Kier alpha value is -3.21. The Kier molecular flexibility index (Phi) is 4.81. The van der Waals surface area contributed by atoms with Crippen molar-refractivity contribution in [1.82, 2.24) is 14.9 Å². The first-order chi connectivity index (χ1) is 11.7. The van der Waals surface area contributed by atoms with Gasteiger partial charge in [-0.2, -0.15) is 0 Å². The third kappa shape index (κ3) is 3.76. The van der Waals surface area contributed by atoms with Crippen LogP contribution >= 0.6 is 0 Å². The number of carbonyl (C=O) groups excluding carboxylic acids is 1. The van der Waals surface area contributed by atoms with Crippen LogP contribution in [-0.4, -0.2) is 15.5 Å². The molecule has 0 saturated heterocycles. The maximum atomic E-state index is 12.4. The van der Waals surface area contributed by atoms with Crippen LogP contribution in [0.25, 0.3) is 0 Å². The minimum Gasteiger partial charge on any atom is -0.342 e. The van der Waals surface area contributed by atoms with E-state index in [2.05, 4.69) is 10.3 Å². The fourth-order valence-electron chi connectivity index (χ4n) is 2.47. The molecule has 1 N–H and O–H groups in total. The average molecular weight is 319 g/mol. The van der Waals surface area contributed by atoms with Gasteiger partial charge in [-0.05, 0) is 23.8 Å². The SMILES string of the molecule is O=C(Cn1ccccc1=O)N[C@H](c1ccccc1)c1ccccn1. The van der Waals surface area contributed by atoms with E-state index < -0.39 is 0 Å². The Morgan fingerprint density at radius 1 is 1.00 bits per heavy atom. The highest BCUT2D eigenvalue weighted by atomic mass is 16.2. The van der Waals surface area contributed by atoms with Crippen LogP contribution < -0.4 is 10.9 Å². The minimum absolute atomic E-state index is 0.0319. The molecular weight excluding hydrogens is 302 g/mol. The smallest absolute Gasteiger partial charge is 0.250 e. The van der Waals surface area contributed by atoms with Crippen molar-refractivity contribution < 1.29 is 4.79 Å². The summed E-state index contributed by atoms with van der Waals surface area (Å²) in [7, 11) is 0. The number of carbonyl (C=O) groups is 1. The van der Waals surface area contributed by atoms with Crippen molar-refractivity contribution in [3.8, 4) is 0 Å². The van der Waals surface area contributed by atoms with E-state index in [1.807, 2.05) is 48.5 Å². The van der Waals surface area contributed by atoms with E-state index in [1.165, 1.54) is 10.6 Å². The number of rotatable bonds is 5. The molecule has 1 aromatic carbocycles. The van der Waals surface area contributed by atoms with Gasteiger partial charge in [0.1, 0.15) is 6.54 Å². The average Bonchev–Trinajstić information content (AvgIpc) is 2.63. The van der Waals surface area contributed by atoms with Crippen LogP contribution in [-0.2, 0) is 11.3 Å². The minimum atomic E-state index is -0.362. The lowest BCUT2D eigenvalue weighted by atomic mass is 10.0. The zero-order valence-electron chi connectivity index (χ0n) is 13.0. The number of nitrogens with zero attached hydrogens (tertiary/aromatic N) is 2. The maximum Gasteiger partial charge on any atom is 0.250 e. The molecule has 5 heteroatoms. The molecule has 120 valence electrons. The van der Waals surface area contributed by atoms with E-state index in [0.717, 1.165) is 11.3 Å². The molecule has 1 amide bonds. The van der Waals surface area contributed by atoms with Gasteiger partial charge in [0, 0.05) is 18.5 Å². The van der Waals surface area contributed by atoms with Crippen LogP contribution in [0.5, 0.6) is 0 Å². The van der Waals surface area contributed by atoms with E-state index in [1.54, 1.807) is 24.5 Å². The number of hydrogen-bond acceptors (Lipinski definition) is 3. The van der Waals surface area contributed by atoms with Crippen LogP contribution in [0.1, 0.15) is 17.3 Å². The number of aromatic nitrogens is 2. The molecule has 24 heavy (non-hydrogen) atoms.